The number of nitrogens with zero attached hydrogens (tertiary/aromatic N) is 3. The van der Waals surface area contributed by atoms with Crippen LogP contribution in [0.25, 0.3) is 16.8 Å². The Kier molecular flexibility index (Phi) is 7.99. The minimum absolute atomic E-state index is 0.153. The van der Waals surface area contributed by atoms with Crippen molar-refractivity contribution in [2.24, 2.45) is 4.99 Å². The SMILES string of the molecule is CCN(CC)C(=O)C1=C(C)N=c2s/c(=C/c3cccc(OC)c3OC)c(=O)n2[C@H]1c1c(OC)ccc2ccccc12. The van der Waals surface area contributed by atoms with Crippen molar-refractivity contribution in [1.29, 1.82) is 0 Å². The Balaban J connectivity index is 1.86. The fourth-order valence-electron chi connectivity index (χ4n) is 5.45. The summed E-state index contributed by atoms with van der Waals surface area (Å²) in [7, 11) is 4.75. The predicted molar refractivity (Wildman–Crippen MR) is 162 cm³/mol. The molecule has 0 saturated heterocycles. The third kappa shape index (κ3) is 4.80. The van der Waals surface area contributed by atoms with E-state index in [1.165, 1.54) is 11.3 Å². The highest BCUT2D eigenvalue weighted by atomic mass is 32.1. The number of carbonyl (C=O) groups excluding carboxylic acids is 1. The number of hydrogen-bond donors (Lipinski definition) is 0. The largest absolute Gasteiger partial charge is 0.496 e. The van der Waals surface area contributed by atoms with Crippen LogP contribution in [-0.4, -0.2) is 49.8 Å². The second-order valence-electron chi connectivity index (χ2n) is 9.54. The van der Waals surface area contributed by atoms with Crippen molar-refractivity contribution in [1.82, 2.24) is 9.47 Å². The highest BCUT2D eigenvalue weighted by molar-refractivity contribution is 7.07. The number of para-hydroxylation sites is 1. The summed E-state index contributed by atoms with van der Waals surface area (Å²) in [6.07, 6.45) is 1.79. The first-order valence-corrected chi connectivity index (χ1v) is 14.3. The van der Waals surface area contributed by atoms with Crippen LogP contribution in [0.3, 0.4) is 0 Å². The maximum Gasteiger partial charge on any atom is 0.271 e. The molecule has 0 saturated carbocycles. The van der Waals surface area contributed by atoms with Crippen LogP contribution in [0, 0.1) is 0 Å². The Bertz CT molecular complexity index is 1850. The van der Waals surface area contributed by atoms with Crippen molar-refractivity contribution >= 4 is 34.1 Å². The summed E-state index contributed by atoms with van der Waals surface area (Å²) in [5.41, 5.74) is 2.24. The van der Waals surface area contributed by atoms with Gasteiger partial charge in [-0.3, -0.25) is 14.2 Å². The fourth-order valence-corrected chi connectivity index (χ4v) is 6.49. The third-order valence-corrected chi connectivity index (χ3v) is 8.43. The Morgan fingerprint density at radius 3 is 2.39 bits per heavy atom. The zero-order chi connectivity index (χ0) is 29.3. The average molecular weight is 572 g/mol. The van der Waals surface area contributed by atoms with E-state index in [1.54, 1.807) is 42.9 Å². The van der Waals surface area contributed by atoms with Crippen LogP contribution in [-0.2, 0) is 4.79 Å². The van der Waals surface area contributed by atoms with Gasteiger partial charge in [0.25, 0.3) is 11.5 Å². The van der Waals surface area contributed by atoms with Crippen LogP contribution >= 0.6 is 11.3 Å². The van der Waals surface area contributed by atoms with Gasteiger partial charge in [-0.15, -0.1) is 0 Å². The van der Waals surface area contributed by atoms with Crippen molar-refractivity contribution in [3.8, 4) is 17.2 Å². The number of hydrogen-bond acceptors (Lipinski definition) is 7. The zero-order valence-electron chi connectivity index (χ0n) is 24.1. The van der Waals surface area contributed by atoms with Crippen LogP contribution in [0.5, 0.6) is 17.2 Å². The van der Waals surface area contributed by atoms with Gasteiger partial charge in [-0.25, -0.2) is 4.99 Å². The van der Waals surface area contributed by atoms with Gasteiger partial charge in [0, 0.05) is 24.2 Å². The maximum atomic E-state index is 14.3. The monoisotopic (exact) mass is 571 g/mol. The number of aromatic nitrogens is 1. The molecule has 0 bridgehead atoms. The summed E-state index contributed by atoms with van der Waals surface area (Å²) in [6, 6.07) is 16.6. The predicted octanol–water partition coefficient (Wildman–Crippen LogP) is 4.28. The number of thiazole rings is 1. The summed E-state index contributed by atoms with van der Waals surface area (Å²) < 4.78 is 19.0. The molecule has 0 aliphatic carbocycles. The molecule has 0 spiro atoms. The lowest BCUT2D eigenvalue weighted by molar-refractivity contribution is -0.127. The molecule has 9 heteroatoms. The normalized spacial score (nSPS) is 15.0. The van der Waals surface area contributed by atoms with E-state index >= 15 is 0 Å². The standard InChI is InChI=1S/C32H33N3O5S/c1-7-34(8-2)31(37)26-19(3)33-32-35(28(26)27-22-14-10-9-12-20(22)16-17-23(27)38-4)30(36)25(41-32)18-21-13-11-15-24(39-5)29(21)40-6/h9-18,28H,7-8H2,1-6H3/b25-18+/t28-/m1/s1. The maximum absolute atomic E-state index is 14.3. The fraction of sp³-hybridized carbons (Fsp3) is 0.281. The van der Waals surface area contributed by atoms with E-state index in [9.17, 15) is 9.59 Å². The molecule has 1 aliphatic rings. The Hall–Kier alpha value is -4.37. The second-order valence-corrected chi connectivity index (χ2v) is 10.6. The number of benzene rings is 3. The summed E-state index contributed by atoms with van der Waals surface area (Å²) in [5, 5.41) is 1.89. The van der Waals surface area contributed by atoms with Gasteiger partial charge in [-0.05, 0) is 49.8 Å². The molecule has 0 radical (unpaired) electrons. The molecule has 4 aromatic rings. The molecule has 3 aromatic carbocycles. The van der Waals surface area contributed by atoms with Gasteiger partial charge in [0.1, 0.15) is 11.8 Å². The number of fused-ring (bicyclic) bond motifs is 2. The molecule has 212 valence electrons. The highest BCUT2D eigenvalue weighted by Gasteiger charge is 2.36. The number of allylic oxidation sites excluding steroid dienone is 1. The molecule has 41 heavy (non-hydrogen) atoms. The quantitative estimate of drug-likeness (QED) is 0.315. The molecule has 8 nitrogen and oxygen atoms in total. The first-order chi connectivity index (χ1) is 19.9. The lowest BCUT2D eigenvalue weighted by Crippen LogP contribution is -2.43. The van der Waals surface area contributed by atoms with Gasteiger partial charge in [-0.1, -0.05) is 53.8 Å². The van der Waals surface area contributed by atoms with Crippen molar-refractivity contribution in [2.45, 2.75) is 26.8 Å². The van der Waals surface area contributed by atoms with Crippen molar-refractivity contribution in [3.05, 3.63) is 96.7 Å². The highest BCUT2D eigenvalue weighted by Crippen LogP contribution is 2.40. The van der Waals surface area contributed by atoms with Crippen molar-refractivity contribution in [3.63, 3.8) is 0 Å². The number of carbonyl (C=O) groups is 1. The Morgan fingerprint density at radius 1 is 0.976 bits per heavy atom. The van der Waals surface area contributed by atoms with Crippen LogP contribution in [0.4, 0.5) is 0 Å². The Morgan fingerprint density at radius 2 is 1.71 bits per heavy atom. The first kappa shape index (κ1) is 28.2. The molecule has 0 N–H and O–H groups in total. The second kappa shape index (κ2) is 11.6. The van der Waals surface area contributed by atoms with Crippen molar-refractivity contribution in [2.75, 3.05) is 34.4 Å². The summed E-state index contributed by atoms with van der Waals surface area (Å²) in [6.45, 7) is 6.80. The molecule has 1 amide bonds. The molecule has 0 unspecified atom stereocenters. The van der Waals surface area contributed by atoms with E-state index < -0.39 is 6.04 Å². The number of likely N-dealkylation sites (N-methyl/N-ethyl adjacent to an activating group) is 1. The summed E-state index contributed by atoms with van der Waals surface area (Å²) in [4.78, 5) is 35.5. The van der Waals surface area contributed by atoms with E-state index in [2.05, 4.69) is 0 Å². The molecule has 1 aromatic heterocycles. The van der Waals surface area contributed by atoms with Crippen molar-refractivity contribution < 1.29 is 19.0 Å². The average Bonchev–Trinajstić information content (AvgIpc) is 3.29. The molecule has 0 fully saturated rings. The van der Waals surface area contributed by atoms with Gasteiger partial charge in [0.2, 0.25) is 0 Å². The smallest absolute Gasteiger partial charge is 0.271 e. The van der Waals surface area contributed by atoms with Crippen LogP contribution in [0.1, 0.15) is 37.9 Å². The van der Waals surface area contributed by atoms with Crippen LogP contribution in [0.2, 0.25) is 0 Å². The van der Waals surface area contributed by atoms with E-state index in [0.29, 0.717) is 56.5 Å². The van der Waals surface area contributed by atoms with Gasteiger partial charge >= 0.3 is 0 Å². The van der Waals surface area contributed by atoms with E-state index in [-0.39, 0.29) is 11.5 Å². The third-order valence-electron chi connectivity index (χ3n) is 7.45. The minimum atomic E-state index is -0.741. The van der Waals surface area contributed by atoms with Crippen LogP contribution in [0.15, 0.2) is 75.7 Å². The topological polar surface area (TPSA) is 82.4 Å². The lowest BCUT2D eigenvalue weighted by Gasteiger charge is -2.30. The molecular weight excluding hydrogens is 538 g/mol. The van der Waals surface area contributed by atoms with Crippen LogP contribution < -0.4 is 29.1 Å². The molecule has 5 rings (SSSR count). The minimum Gasteiger partial charge on any atom is -0.496 e. The van der Waals surface area contributed by atoms with Gasteiger partial charge in [0.05, 0.1) is 37.1 Å². The number of methoxy groups -OCH3 is 3. The Labute approximate surface area is 242 Å². The lowest BCUT2D eigenvalue weighted by atomic mass is 9.90. The first-order valence-electron chi connectivity index (χ1n) is 13.5. The van der Waals surface area contributed by atoms with E-state index in [1.807, 2.05) is 69.3 Å². The van der Waals surface area contributed by atoms with Gasteiger partial charge in [-0.2, -0.15) is 0 Å². The van der Waals surface area contributed by atoms with Gasteiger partial charge < -0.3 is 19.1 Å². The molecular formula is C32H33N3O5S. The van der Waals surface area contributed by atoms with E-state index in [4.69, 9.17) is 19.2 Å². The molecule has 1 atom stereocenters. The number of amides is 1. The number of ether oxygens (including phenoxy) is 3. The summed E-state index contributed by atoms with van der Waals surface area (Å²) in [5.74, 6) is 1.54. The number of rotatable bonds is 8. The zero-order valence-corrected chi connectivity index (χ0v) is 24.9. The summed E-state index contributed by atoms with van der Waals surface area (Å²) >= 11 is 1.28. The molecule has 1 aliphatic heterocycles. The van der Waals surface area contributed by atoms with E-state index in [0.717, 1.165) is 16.3 Å². The van der Waals surface area contributed by atoms with Gasteiger partial charge in [0.15, 0.2) is 16.3 Å². The molecule has 2 heterocycles.